The number of aliphatic carboxylic acids is 1. The van der Waals surface area contributed by atoms with Gasteiger partial charge in [-0.3, -0.25) is 0 Å². The molecule has 0 amide bonds. The molecule has 0 radical (unpaired) electrons. The van der Waals surface area contributed by atoms with Crippen molar-refractivity contribution in [3.05, 3.63) is 12.7 Å². The molecule has 0 fully saturated rings. The van der Waals surface area contributed by atoms with Crippen molar-refractivity contribution in [1.82, 2.24) is 0 Å². The summed E-state index contributed by atoms with van der Waals surface area (Å²) >= 11 is 0. The van der Waals surface area contributed by atoms with Crippen LogP contribution in [0.5, 0.6) is 0 Å². The van der Waals surface area contributed by atoms with Gasteiger partial charge in [-0.05, 0) is 44.9 Å². The lowest BCUT2D eigenvalue weighted by atomic mass is 10.00. The Balaban J connectivity index is 5.36. The lowest BCUT2D eigenvalue weighted by molar-refractivity contribution is -0.948. The van der Waals surface area contributed by atoms with Crippen LogP contribution in [0.3, 0.4) is 0 Å². The van der Waals surface area contributed by atoms with E-state index in [1.54, 1.807) is 0 Å². The minimum absolute atomic E-state index is 0.447. The van der Waals surface area contributed by atoms with Crippen molar-refractivity contribution < 1.29 is 19.5 Å². The standard InChI is InChI=1S/C23H45NO3/c1-5-9-12-13-17-21(25)20-24(18-14-10-6-2,19-15-11-7-3)22(16-8-4)23(26)27/h5,21-22,25H,1,6-20H2,2-4H3. The number of carbonyl (C=O) groups excluding carboxylic acids is 1. The normalized spacial score (nSPS) is 14.1. The fraction of sp³-hybridized carbons (Fsp3) is 0.870. The van der Waals surface area contributed by atoms with Gasteiger partial charge in [0.15, 0.2) is 0 Å². The van der Waals surface area contributed by atoms with Crippen LogP contribution in [0.1, 0.15) is 97.8 Å². The van der Waals surface area contributed by atoms with E-state index in [2.05, 4.69) is 20.4 Å². The molecule has 1 N–H and O–H groups in total. The first-order chi connectivity index (χ1) is 13.0. The number of aliphatic hydroxyl groups is 1. The van der Waals surface area contributed by atoms with Crippen molar-refractivity contribution in [2.24, 2.45) is 0 Å². The Morgan fingerprint density at radius 2 is 1.56 bits per heavy atom. The van der Waals surface area contributed by atoms with E-state index in [0.29, 0.717) is 17.4 Å². The predicted octanol–water partition coefficient (Wildman–Crippen LogP) is 4.21. The van der Waals surface area contributed by atoms with Crippen LogP contribution in [0.15, 0.2) is 12.7 Å². The summed E-state index contributed by atoms with van der Waals surface area (Å²) in [6, 6.07) is -0.508. The number of hydrogen-bond acceptors (Lipinski definition) is 3. The number of carbonyl (C=O) groups is 1. The van der Waals surface area contributed by atoms with Gasteiger partial charge in [0.2, 0.25) is 0 Å². The molecule has 0 aromatic heterocycles. The molecule has 0 aliphatic heterocycles. The zero-order chi connectivity index (χ0) is 20.5. The molecule has 4 heteroatoms. The van der Waals surface area contributed by atoms with Gasteiger partial charge in [0, 0.05) is 6.42 Å². The van der Waals surface area contributed by atoms with E-state index >= 15 is 0 Å². The number of allylic oxidation sites excluding steroid dienone is 1. The summed E-state index contributed by atoms with van der Waals surface area (Å²) in [7, 11) is 0. The number of rotatable bonds is 19. The fourth-order valence-electron chi connectivity index (χ4n) is 4.16. The van der Waals surface area contributed by atoms with E-state index in [-0.39, 0.29) is 0 Å². The molecule has 4 nitrogen and oxygen atoms in total. The monoisotopic (exact) mass is 383 g/mol. The highest BCUT2D eigenvalue weighted by Gasteiger charge is 2.38. The Kier molecular flexibility index (Phi) is 15.6. The third kappa shape index (κ3) is 10.9. The third-order valence-electron chi connectivity index (χ3n) is 5.68. The second-order valence-corrected chi connectivity index (χ2v) is 8.11. The summed E-state index contributed by atoms with van der Waals surface area (Å²) in [4.78, 5) is 12.1. The number of nitrogens with zero attached hydrogens (tertiary/aromatic N) is 1. The average Bonchev–Trinajstić information content (AvgIpc) is 2.63. The number of unbranched alkanes of at least 4 members (excludes halogenated alkanes) is 6. The van der Waals surface area contributed by atoms with E-state index in [1.807, 2.05) is 13.0 Å². The van der Waals surface area contributed by atoms with Crippen LogP contribution in [-0.2, 0) is 4.79 Å². The average molecular weight is 384 g/mol. The Morgan fingerprint density at radius 1 is 0.963 bits per heavy atom. The van der Waals surface area contributed by atoms with Crippen molar-refractivity contribution in [2.45, 2.75) is 110 Å². The van der Waals surface area contributed by atoms with E-state index in [4.69, 9.17) is 0 Å². The summed E-state index contributed by atoms with van der Waals surface area (Å²) in [5.41, 5.74) is 0. The van der Waals surface area contributed by atoms with Crippen molar-refractivity contribution >= 4 is 5.97 Å². The van der Waals surface area contributed by atoms with Crippen LogP contribution >= 0.6 is 0 Å². The SMILES string of the molecule is C=CCCCCC(O)C[N+](CCCCC)(CCCCC)C(CCC)C(=O)[O-]. The van der Waals surface area contributed by atoms with Crippen LogP contribution in [-0.4, -0.2) is 47.3 Å². The topological polar surface area (TPSA) is 60.4 Å². The second kappa shape index (κ2) is 16.1. The number of carboxylic acids is 1. The summed E-state index contributed by atoms with van der Waals surface area (Å²) in [6.07, 6.45) is 13.1. The first kappa shape index (κ1) is 26.1. The number of quaternary nitrogens is 1. The maximum atomic E-state index is 12.1. The van der Waals surface area contributed by atoms with Gasteiger partial charge in [-0.25, -0.2) is 0 Å². The zero-order valence-electron chi connectivity index (χ0n) is 18.3. The summed E-state index contributed by atoms with van der Waals surface area (Å²) < 4.78 is 0.499. The van der Waals surface area contributed by atoms with Crippen LogP contribution in [0.25, 0.3) is 0 Å². The van der Waals surface area contributed by atoms with E-state index < -0.39 is 18.1 Å². The Hall–Kier alpha value is -0.870. The second-order valence-electron chi connectivity index (χ2n) is 8.11. The molecule has 0 aromatic rings. The Labute approximate surface area is 168 Å². The Morgan fingerprint density at radius 3 is 2.00 bits per heavy atom. The summed E-state index contributed by atoms with van der Waals surface area (Å²) in [5.74, 6) is -0.941. The first-order valence-electron chi connectivity index (χ1n) is 11.3. The van der Waals surface area contributed by atoms with Crippen molar-refractivity contribution in [3.63, 3.8) is 0 Å². The lowest BCUT2D eigenvalue weighted by Gasteiger charge is -2.47. The van der Waals surface area contributed by atoms with Crippen molar-refractivity contribution in [1.29, 1.82) is 0 Å². The molecule has 0 bridgehead atoms. The van der Waals surface area contributed by atoms with Crippen LogP contribution in [0, 0.1) is 0 Å². The molecular formula is C23H45NO3. The van der Waals surface area contributed by atoms with Crippen LogP contribution in [0.2, 0.25) is 0 Å². The quantitative estimate of drug-likeness (QED) is 0.206. The highest BCUT2D eigenvalue weighted by atomic mass is 16.4. The molecule has 0 aliphatic rings. The molecule has 27 heavy (non-hydrogen) atoms. The molecular weight excluding hydrogens is 338 g/mol. The zero-order valence-corrected chi connectivity index (χ0v) is 18.3. The minimum atomic E-state index is -0.941. The predicted molar refractivity (Wildman–Crippen MR) is 112 cm³/mol. The van der Waals surface area contributed by atoms with Gasteiger partial charge in [-0.2, -0.15) is 0 Å². The molecule has 0 aromatic carbocycles. The van der Waals surface area contributed by atoms with E-state index in [9.17, 15) is 15.0 Å². The summed E-state index contributed by atoms with van der Waals surface area (Å²) in [6.45, 7) is 12.3. The van der Waals surface area contributed by atoms with Crippen LogP contribution < -0.4 is 5.11 Å². The van der Waals surface area contributed by atoms with Gasteiger partial charge in [0.1, 0.15) is 18.7 Å². The molecule has 2 unspecified atom stereocenters. The van der Waals surface area contributed by atoms with Gasteiger partial charge in [-0.1, -0.05) is 52.5 Å². The molecule has 2 atom stereocenters. The number of carboxylic acid groups (broad SMARTS) is 1. The van der Waals surface area contributed by atoms with Gasteiger partial charge >= 0.3 is 0 Å². The number of aliphatic hydroxyl groups excluding tert-OH is 1. The fourth-order valence-corrected chi connectivity index (χ4v) is 4.16. The molecule has 0 heterocycles. The first-order valence-corrected chi connectivity index (χ1v) is 11.3. The lowest BCUT2D eigenvalue weighted by Crippen LogP contribution is -2.64. The van der Waals surface area contributed by atoms with Gasteiger partial charge in [-0.15, -0.1) is 6.58 Å². The molecule has 0 rings (SSSR count). The molecule has 0 aliphatic carbocycles. The maximum absolute atomic E-state index is 12.1. The van der Waals surface area contributed by atoms with Crippen molar-refractivity contribution in [3.8, 4) is 0 Å². The third-order valence-corrected chi connectivity index (χ3v) is 5.68. The highest BCUT2D eigenvalue weighted by molar-refractivity contribution is 5.69. The van der Waals surface area contributed by atoms with Gasteiger partial charge < -0.3 is 19.5 Å². The largest absolute Gasteiger partial charge is 0.544 e. The van der Waals surface area contributed by atoms with Crippen molar-refractivity contribution in [2.75, 3.05) is 19.6 Å². The van der Waals surface area contributed by atoms with Gasteiger partial charge in [0.25, 0.3) is 0 Å². The minimum Gasteiger partial charge on any atom is -0.544 e. The summed E-state index contributed by atoms with van der Waals surface area (Å²) in [5, 5.41) is 22.8. The maximum Gasteiger partial charge on any atom is 0.129 e. The number of hydrogen-bond donors (Lipinski definition) is 1. The highest BCUT2D eigenvalue weighted by Crippen LogP contribution is 2.24. The molecule has 160 valence electrons. The Bertz CT molecular complexity index is 374. The van der Waals surface area contributed by atoms with E-state index in [0.717, 1.165) is 83.7 Å². The molecule has 0 saturated carbocycles. The van der Waals surface area contributed by atoms with Crippen LogP contribution in [0.4, 0.5) is 0 Å². The smallest absolute Gasteiger partial charge is 0.129 e. The van der Waals surface area contributed by atoms with Gasteiger partial charge in [0.05, 0.1) is 19.1 Å². The molecule has 0 saturated heterocycles. The molecule has 0 spiro atoms. The van der Waals surface area contributed by atoms with E-state index in [1.165, 1.54) is 0 Å².